The van der Waals surface area contributed by atoms with Crippen molar-refractivity contribution in [3.05, 3.63) is 61.9 Å². The van der Waals surface area contributed by atoms with Crippen LogP contribution in [0.25, 0.3) is 6.08 Å². The molecule has 1 heterocycles. The lowest BCUT2D eigenvalue weighted by molar-refractivity contribution is -0.115. The van der Waals surface area contributed by atoms with Crippen LogP contribution >= 0.6 is 55.8 Å². The van der Waals surface area contributed by atoms with Gasteiger partial charge in [-0.05, 0) is 42.5 Å². The molecular weight excluding hydrogens is 462 g/mol. The summed E-state index contributed by atoms with van der Waals surface area (Å²) in [6.07, 6.45) is 1.78. The molecule has 1 fully saturated rings. The zero-order valence-electron chi connectivity index (χ0n) is 11.5. The average molecular weight is 471 g/mol. The molecule has 1 N–H and O–H groups in total. The molecule has 2 aromatic rings. The maximum atomic E-state index is 11.8. The molecule has 3 rings (SSSR count). The number of carbonyl (C=O) groups is 1. The summed E-state index contributed by atoms with van der Waals surface area (Å²) in [5, 5.41) is 2.61. The van der Waals surface area contributed by atoms with Gasteiger partial charge in [0.25, 0.3) is 5.91 Å². The van der Waals surface area contributed by atoms with E-state index >= 15 is 0 Å². The Morgan fingerprint density at radius 3 is 2.61 bits per heavy atom. The fraction of sp³-hybridized carbons (Fsp3) is 0. The van der Waals surface area contributed by atoms with Gasteiger partial charge in [-0.3, -0.25) is 4.79 Å². The van der Waals surface area contributed by atoms with E-state index in [1.54, 1.807) is 6.08 Å². The molecule has 0 unspecified atom stereocenters. The number of nitrogens with one attached hydrogen (secondary N) is 1. The van der Waals surface area contributed by atoms with Crippen LogP contribution in [0.15, 0.2) is 56.3 Å². The molecule has 0 aromatic heterocycles. The fourth-order valence-electron chi connectivity index (χ4n) is 1.94. The van der Waals surface area contributed by atoms with Gasteiger partial charge in [-0.25, -0.2) is 0 Å². The third kappa shape index (κ3) is 4.23. The molecule has 0 saturated carbocycles. The van der Waals surface area contributed by atoms with Gasteiger partial charge < -0.3 is 10.1 Å². The molecule has 0 aliphatic carbocycles. The van der Waals surface area contributed by atoms with E-state index in [4.69, 9.17) is 17.0 Å². The maximum Gasteiger partial charge on any atom is 0.263 e. The van der Waals surface area contributed by atoms with Crippen LogP contribution in [0.2, 0.25) is 0 Å². The highest BCUT2D eigenvalue weighted by molar-refractivity contribution is 9.10. The number of rotatable bonds is 3. The van der Waals surface area contributed by atoms with Crippen molar-refractivity contribution < 1.29 is 9.53 Å². The second-order valence-electron chi connectivity index (χ2n) is 4.59. The number of thioether (sulfide) groups is 1. The Labute approximate surface area is 159 Å². The van der Waals surface area contributed by atoms with Crippen LogP contribution in [-0.4, -0.2) is 10.2 Å². The Balaban J connectivity index is 1.97. The Morgan fingerprint density at radius 1 is 1.13 bits per heavy atom. The van der Waals surface area contributed by atoms with Crippen molar-refractivity contribution in [2.75, 3.05) is 0 Å². The van der Waals surface area contributed by atoms with Gasteiger partial charge in [-0.15, -0.1) is 0 Å². The highest BCUT2D eigenvalue weighted by Gasteiger charge is 2.22. The van der Waals surface area contributed by atoms with Crippen LogP contribution in [0.1, 0.15) is 5.56 Å². The van der Waals surface area contributed by atoms with Crippen molar-refractivity contribution in [1.82, 2.24) is 5.32 Å². The Kier molecular flexibility index (Phi) is 5.21. The highest BCUT2D eigenvalue weighted by atomic mass is 79.9. The van der Waals surface area contributed by atoms with E-state index in [1.165, 1.54) is 11.8 Å². The number of amides is 1. The van der Waals surface area contributed by atoms with Crippen LogP contribution in [0.5, 0.6) is 11.5 Å². The van der Waals surface area contributed by atoms with E-state index in [-0.39, 0.29) is 5.91 Å². The van der Waals surface area contributed by atoms with Gasteiger partial charge in [0.05, 0.1) is 4.91 Å². The Hall–Kier alpha value is -1.15. The predicted molar refractivity (Wildman–Crippen MR) is 105 cm³/mol. The van der Waals surface area contributed by atoms with Crippen molar-refractivity contribution in [2.45, 2.75) is 0 Å². The molecule has 0 radical (unpaired) electrons. The molecule has 1 amide bonds. The summed E-state index contributed by atoms with van der Waals surface area (Å²) in [5.41, 5.74) is 0.793. The van der Waals surface area contributed by atoms with E-state index in [2.05, 4.69) is 37.2 Å². The summed E-state index contributed by atoms with van der Waals surface area (Å²) in [5.74, 6) is 1.18. The zero-order valence-corrected chi connectivity index (χ0v) is 16.3. The standard InChI is InChI=1S/C16H9Br2NO2S2/c17-10-2-1-3-12(8-10)21-13-5-4-11(18)6-9(13)7-14-15(20)19-16(22)23-14/h1-8H,(H,19,20,22)/b14-7+. The molecule has 1 saturated heterocycles. The van der Waals surface area contributed by atoms with E-state index in [0.717, 1.165) is 14.5 Å². The first-order valence-corrected chi connectivity index (χ1v) is 9.30. The number of carbonyl (C=O) groups excluding carboxylic acids is 1. The van der Waals surface area contributed by atoms with Crippen LogP contribution in [0, 0.1) is 0 Å². The van der Waals surface area contributed by atoms with Crippen LogP contribution in [0.4, 0.5) is 0 Å². The summed E-state index contributed by atoms with van der Waals surface area (Å²) < 4.78 is 8.25. The molecule has 1 aliphatic rings. The van der Waals surface area contributed by atoms with E-state index < -0.39 is 0 Å². The largest absolute Gasteiger partial charge is 0.457 e. The monoisotopic (exact) mass is 469 g/mol. The fourth-order valence-corrected chi connectivity index (χ4v) is 3.74. The van der Waals surface area contributed by atoms with Gasteiger partial charge in [-0.2, -0.15) is 0 Å². The first kappa shape index (κ1) is 16.7. The lowest BCUT2D eigenvalue weighted by atomic mass is 10.2. The minimum atomic E-state index is -0.187. The van der Waals surface area contributed by atoms with Crippen LogP contribution < -0.4 is 10.1 Å². The Bertz CT molecular complexity index is 837. The van der Waals surface area contributed by atoms with Crippen LogP contribution in [-0.2, 0) is 4.79 Å². The molecule has 0 atom stereocenters. The van der Waals surface area contributed by atoms with Gasteiger partial charge in [0, 0.05) is 14.5 Å². The van der Waals surface area contributed by atoms with Crippen molar-refractivity contribution in [3.63, 3.8) is 0 Å². The third-order valence-electron chi connectivity index (χ3n) is 2.92. The number of hydrogen-bond donors (Lipinski definition) is 1. The smallest absolute Gasteiger partial charge is 0.263 e. The SMILES string of the molecule is O=C1NC(=S)S/C1=C/c1cc(Br)ccc1Oc1cccc(Br)c1. The quantitative estimate of drug-likeness (QED) is 0.475. The summed E-state index contributed by atoms with van der Waals surface area (Å²) >= 11 is 13.1. The van der Waals surface area contributed by atoms with Gasteiger partial charge in [0.2, 0.25) is 0 Å². The second kappa shape index (κ2) is 7.17. The average Bonchev–Trinajstić information content (AvgIpc) is 2.80. The maximum absolute atomic E-state index is 11.8. The minimum absolute atomic E-state index is 0.187. The van der Waals surface area contributed by atoms with Gasteiger partial charge in [0.15, 0.2) is 0 Å². The van der Waals surface area contributed by atoms with Crippen LogP contribution in [0.3, 0.4) is 0 Å². The number of thiocarbonyl (C=S) groups is 1. The predicted octanol–water partition coefficient (Wildman–Crippen LogP) is 5.49. The molecule has 1 aliphatic heterocycles. The lowest BCUT2D eigenvalue weighted by Gasteiger charge is -2.10. The molecule has 7 heteroatoms. The summed E-state index contributed by atoms with van der Waals surface area (Å²) in [6.45, 7) is 0. The van der Waals surface area contributed by atoms with E-state index in [0.29, 0.717) is 20.7 Å². The lowest BCUT2D eigenvalue weighted by Crippen LogP contribution is -2.17. The van der Waals surface area contributed by atoms with Gasteiger partial charge in [0.1, 0.15) is 15.8 Å². The Morgan fingerprint density at radius 2 is 1.91 bits per heavy atom. The second-order valence-corrected chi connectivity index (χ2v) is 8.14. The van der Waals surface area contributed by atoms with Gasteiger partial charge in [-0.1, -0.05) is 61.9 Å². The summed E-state index contributed by atoms with van der Waals surface area (Å²) in [6, 6.07) is 13.2. The normalized spacial score (nSPS) is 15.8. The number of benzene rings is 2. The van der Waals surface area contributed by atoms with E-state index in [9.17, 15) is 4.79 Å². The molecule has 0 bridgehead atoms. The minimum Gasteiger partial charge on any atom is -0.457 e. The number of halogens is 2. The van der Waals surface area contributed by atoms with Crippen molar-refractivity contribution >= 4 is 72.1 Å². The first-order valence-electron chi connectivity index (χ1n) is 6.49. The molecule has 23 heavy (non-hydrogen) atoms. The topological polar surface area (TPSA) is 38.3 Å². The van der Waals surface area contributed by atoms with Crippen molar-refractivity contribution in [2.24, 2.45) is 0 Å². The molecule has 0 spiro atoms. The summed E-state index contributed by atoms with van der Waals surface area (Å²) in [7, 11) is 0. The molecule has 2 aromatic carbocycles. The van der Waals surface area contributed by atoms with E-state index in [1.807, 2.05) is 42.5 Å². The summed E-state index contributed by atoms with van der Waals surface area (Å²) in [4.78, 5) is 12.4. The molecular formula is C16H9Br2NO2S2. The molecule has 3 nitrogen and oxygen atoms in total. The highest BCUT2D eigenvalue weighted by Crippen LogP contribution is 2.33. The number of ether oxygens (including phenoxy) is 1. The van der Waals surface area contributed by atoms with Crippen molar-refractivity contribution in [1.29, 1.82) is 0 Å². The first-order chi connectivity index (χ1) is 11.0. The zero-order chi connectivity index (χ0) is 16.4. The third-order valence-corrected chi connectivity index (χ3v) is 5.07. The van der Waals surface area contributed by atoms with Gasteiger partial charge >= 0.3 is 0 Å². The van der Waals surface area contributed by atoms with Crippen molar-refractivity contribution in [3.8, 4) is 11.5 Å². The number of hydrogen-bond acceptors (Lipinski definition) is 4. The molecule has 116 valence electrons.